The van der Waals surface area contributed by atoms with Crippen LogP contribution in [0, 0.1) is 12.8 Å². The monoisotopic (exact) mass is 412 g/mol. The van der Waals surface area contributed by atoms with Crippen molar-refractivity contribution < 1.29 is 19.1 Å². The average Bonchev–Trinajstić information content (AvgIpc) is 3.11. The molecule has 0 aliphatic carbocycles. The van der Waals surface area contributed by atoms with Crippen molar-refractivity contribution >= 4 is 40.9 Å². The summed E-state index contributed by atoms with van der Waals surface area (Å²) in [6, 6.07) is 15.0. The number of ether oxygens (including phenoxy) is 1. The number of carbonyl (C=O) groups is 3. The minimum atomic E-state index is -0.951. The van der Waals surface area contributed by atoms with Crippen molar-refractivity contribution in [2.75, 3.05) is 23.0 Å². The zero-order valence-corrected chi connectivity index (χ0v) is 17.5. The van der Waals surface area contributed by atoms with E-state index in [4.69, 9.17) is 4.74 Å². The molecule has 7 heteroatoms. The number of rotatable bonds is 6. The Bertz CT molecular complexity index is 913. The highest BCUT2D eigenvalue weighted by Crippen LogP contribution is 2.29. The third kappa shape index (κ3) is 5.17. The Labute approximate surface area is 174 Å². The lowest BCUT2D eigenvalue weighted by Crippen LogP contribution is -2.33. The molecule has 2 atom stereocenters. The van der Waals surface area contributed by atoms with E-state index in [1.807, 2.05) is 49.6 Å². The summed E-state index contributed by atoms with van der Waals surface area (Å²) in [5.74, 6) is -1.65. The van der Waals surface area contributed by atoms with Gasteiger partial charge >= 0.3 is 5.97 Å². The Morgan fingerprint density at radius 2 is 1.93 bits per heavy atom. The van der Waals surface area contributed by atoms with Gasteiger partial charge in [0.25, 0.3) is 5.91 Å². The van der Waals surface area contributed by atoms with Crippen molar-refractivity contribution in [2.24, 2.45) is 5.92 Å². The van der Waals surface area contributed by atoms with Crippen LogP contribution in [0.3, 0.4) is 0 Å². The number of hydrogen-bond acceptors (Lipinski definition) is 5. The number of anilines is 2. The van der Waals surface area contributed by atoms with Crippen LogP contribution in [0.2, 0.25) is 0 Å². The molecule has 29 heavy (non-hydrogen) atoms. The SMILES string of the molecule is CSc1cccc(N2C[C@@H](C(=O)O[C@H](C)C(=O)Nc3ccc(C)cc3)CC2=O)c1. The van der Waals surface area contributed by atoms with Crippen LogP contribution < -0.4 is 10.2 Å². The first kappa shape index (κ1) is 20.9. The van der Waals surface area contributed by atoms with Crippen molar-refractivity contribution in [3.05, 3.63) is 54.1 Å². The molecule has 152 valence electrons. The fraction of sp³-hybridized carbons (Fsp3) is 0.318. The molecule has 1 fully saturated rings. The van der Waals surface area contributed by atoms with Gasteiger partial charge in [0, 0.05) is 29.2 Å². The number of esters is 1. The number of aryl methyl sites for hydroxylation is 1. The largest absolute Gasteiger partial charge is 0.452 e. The molecule has 0 aromatic heterocycles. The Hall–Kier alpha value is -2.80. The maximum Gasteiger partial charge on any atom is 0.312 e. The molecule has 0 radical (unpaired) electrons. The maximum absolute atomic E-state index is 12.5. The first-order valence-corrected chi connectivity index (χ1v) is 10.6. The first-order chi connectivity index (χ1) is 13.9. The molecule has 0 spiro atoms. The predicted octanol–water partition coefficient (Wildman–Crippen LogP) is 3.64. The molecular weight excluding hydrogens is 388 g/mol. The number of amides is 2. The van der Waals surface area contributed by atoms with Crippen molar-refractivity contribution in [3.8, 4) is 0 Å². The lowest BCUT2D eigenvalue weighted by Gasteiger charge is -2.18. The number of nitrogens with zero attached hydrogens (tertiary/aromatic N) is 1. The number of carbonyl (C=O) groups excluding carboxylic acids is 3. The van der Waals surface area contributed by atoms with E-state index in [1.54, 1.807) is 28.8 Å². The molecule has 1 aliphatic rings. The summed E-state index contributed by atoms with van der Waals surface area (Å²) in [6.07, 6.45) is 1.09. The topological polar surface area (TPSA) is 75.7 Å². The molecule has 0 bridgehead atoms. The van der Waals surface area contributed by atoms with Crippen LogP contribution in [0.5, 0.6) is 0 Å². The lowest BCUT2D eigenvalue weighted by atomic mass is 10.1. The lowest BCUT2D eigenvalue weighted by molar-refractivity contribution is -0.157. The van der Waals surface area contributed by atoms with Gasteiger partial charge in [0.2, 0.25) is 5.91 Å². The van der Waals surface area contributed by atoms with Crippen LogP contribution >= 0.6 is 11.8 Å². The molecule has 2 aromatic rings. The van der Waals surface area contributed by atoms with Gasteiger partial charge in [0.05, 0.1) is 5.92 Å². The van der Waals surface area contributed by atoms with Gasteiger partial charge in [0.15, 0.2) is 6.10 Å². The van der Waals surface area contributed by atoms with Gasteiger partial charge in [-0.25, -0.2) is 0 Å². The molecule has 3 rings (SSSR count). The second-order valence-electron chi connectivity index (χ2n) is 7.04. The molecule has 0 saturated carbocycles. The third-order valence-electron chi connectivity index (χ3n) is 4.80. The molecule has 1 heterocycles. The number of hydrogen-bond donors (Lipinski definition) is 1. The highest BCUT2D eigenvalue weighted by Gasteiger charge is 2.37. The van der Waals surface area contributed by atoms with Crippen molar-refractivity contribution in [1.82, 2.24) is 0 Å². The van der Waals surface area contributed by atoms with Crippen LogP contribution in [0.4, 0.5) is 11.4 Å². The summed E-state index contributed by atoms with van der Waals surface area (Å²) < 4.78 is 5.34. The van der Waals surface area contributed by atoms with E-state index in [0.717, 1.165) is 16.1 Å². The Balaban J connectivity index is 1.58. The first-order valence-electron chi connectivity index (χ1n) is 9.40. The van der Waals surface area contributed by atoms with Gasteiger partial charge in [-0.05, 0) is 50.4 Å². The fourth-order valence-electron chi connectivity index (χ4n) is 3.10. The van der Waals surface area contributed by atoms with Gasteiger partial charge in [0.1, 0.15) is 0 Å². The van der Waals surface area contributed by atoms with Gasteiger partial charge in [-0.3, -0.25) is 14.4 Å². The molecule has 1 saturated heterocycles. The number of benzene rings is 2. The normalized spacial score (nSPS) is 17.1. The molecule has 2 aromatic carbocycles. The summed E-state index contributed by atoms with van der Waals surface area (Å²) in [7, 11) is 0. The van der Waals surface area contributed by atoms with Crippen LogP contribution in [0.25, 0.3) is 0 Å². The number of nitrogens with one attached hydrogen (secondary N) is 1. The quantitative estimate of drug-likeness (QED) is 0.579. The fourth-order valence-corrected chi connectivity index (χ4v) is 3.55. The van der Waals surface area contributed by atoms with E-state index >= 15 is 0 Å². The molecule has 1 aliphatic heterocycles. The highest BCUT2D eigenvalue weighted by molar-refractivity contribution is 7.98. The standard InChI is InChI=1S/C22H24N2O4S/c1-14-7-9-17(10-8-14)23-21(26)15(2)28-22(27)16-11-20(25)24(13-16)18-5-4-6-19(12-18)29-3/h4-10,12,15-16H,11,13H2,1-3H3,(H,23,26)/t15-,16+/m1/s1. The zero-order valence-electron chi connectivity index (χ0n) is 16.7. The van der Waals surface area contributed by atoms with E-state index in [0.29, 0.717) is 5.69 Å². The van der Waals surface area contributed by atoms with Crippen LogP contribution in [0.15, 0.2) is 53.4 Å². The van der Waals surface area contributed by atoms with Gasteiger partial charge in [-0.1, -0.05) is 23.8 Å². The Morgan fingerprint density at radius 1 is 1.21 bits per heavy atom. The van der Waals surface area contributed by atoms with Crippen LogP contribution in [0.1, 0.15) is 18.9 Å². The summed E-state index contributed by atoms with van der Waals surface area (Å²) >= 11 is 1.59. The maximum atomic E-state index is 12.5. The van der Waals surface area contributed by atoms with Crippen LogP contribution in [-0.4, -0.2) is 36.7 Å². The van der Waals surface area contributed by atoms with E-state index < -0.39 is 23.9 Å². The van der Waals surface area contributed by atoms with E-state index in [9.17, 15) is 14.4 Å². The zero-order chi connectivity index (χ0) is 21.0. The molecule has 2 amide bonds. The van der Waals surface area contributed by atoms with E-state index in [1.165, 1.54) is 6.92 Å². The smallest absolute Gasteiger partial charge is 0.312 e. The third-order valence-corrected chi connectivity index (χ3v) is 5.53. The highest BCUT2D eigenvalue weighted by atomic mass is 32.2. The minimum absolute atomic E-state index is 0.0780. The Morgan fingerprint density at radius 3 is 2.62 bits per heavy atom. The van der Waals surface area contributed by atoms with E-state index in [2.05, 4.69) is 5.32 Å². The van der Waals surface area contributed by atoms with Crippen molar-refractivity contribution in [1.29, 1.82) is 0 Å². The molecule has 6 nitrogen and oxygen atoms in total. The Kier molecular flexibility index (Phi) is 6.59. The average molecular weight is 413 g/mol. The predicted molar refractivity (Wildman–Crippen MR) is 114 cm³/mol. The summed E-state index contributed by atoms with van der Waals surface area (Å²) in [6.45, 7) is 3.74. The summed E-state index contributed by atoms with van der Waals surface area (Å²) in [5, 5.41) is 2.73. The molecule has 0 unspecified atom stereocenters. The van der Waals surface area contributed by atoms with Gasteiger partial charge in [-0.2, -0.15) is 0 Å². The van der Waals surface area contributed by atoms with Gasteiger partial charge in [-0.15, -0.1) is 11.8 Å². The van der Waals surface area contributed by atoms with Crippen molar-refractivity contribution in [2.45, 2.75) is 31.3 Å². The summed E-state index contributed by atoms with van der Waals surface area (Å²) in [5.41, 5.74) is 2.49. The second-order valence-corrected chi connectivity index (χ2v) is 7.92. The van der Waals surface area contributed by atoms with Gasteiger partial charge < -0.3 is 15.0 Å². The molecular formula is C22H24N2O4S. The number of thioether (sulfide) groups is 1. The van der Waals surface area contributed by atoms with Crippen LogP contribution in [-0.2, 0) is 19.1 Å². The second kappa shape index (κ2) is 9.13. The summed E-state index contributed by atoms with van der Waals surface area (Å²) in [4.78, 5) is 39.9. The molecule has 1 N–H and O–H groups in total. The van der Waals surface area contributed by atoms with Crippen molar-refractivity contribution in [3.63, 3.8) is 0 Å². The minimum Gasteiger partial charge on any atom is -0.452 e. The van der Waals surface area contributed by atoms with E-state index in [-0.39, 0.29) is 18.9 Å².